The fourth-order valence-electron chi connectivity index (χ4n) is 4.90. The van der Waals surface area contributed by atoms with Crippen molar-refractivity contribution in [3.63, 3.8) is 0 Å². The molecule has 2 aliphatic heterocycles. The van der Waals surface area contributed by atoms with Crippen LogP contribution >= 0.6 is 11.8 Å². The Morgan fingerprint density at radius 1 is 1.29 bits per heavy atom. The first-order chi connectivity index (χ1) is 15.2. The van der Waals surface area contributed by atoms with Gasteiger partial charge in [-0.15, -0.1) is 0 Å². The van der Waals surface area contributed by atoms with Gasteiger partial charge in [-0.25, -0.2) is 9.97 Å². The highest BCUT2D eigenvalue weighted by Gasteiger charge is 2.40. The van der Waals surface area contributed by atoms with Crippen LogP contribution in [0.3, 0.4) is 0 Å². The highest BCUT2D eigenvalue weighted by Crippen LogP contribution is 2.37. The lowest BCUT2D eigenvalue weighted by Crippen LogP contribution is -2.47. The third kappa shape index (κ3) is 4.18. The van der Waals surface area contributed by atoms with Gasteiger partial charge < -0.3 is 9.73 Å². The van der Waals surface area contributed by atoms with E-state index in [0.717, 1.165) is 41.2 Å². The number of fused-ring (bicyclic) bond motifs is 3. The van der Waals surface area contributed by atoms with Crippen LogP contribution in [-0.2, 0) is 0 Å². The summed E-state index contributed by atoms with van der Waals surface area (Å²) in [5, 5.41) is 17.6. The minimum absolute atomic E-state index is 0.354. The number of pyridine rings is 2. The molecule has 2 unspecified atom stereocenters. The number of thioether (sulfide) groups is 1. The van der Waals surface area contributed by atoms with E-state index in [2.05, 4.69) is 37.6 Å². The van der Waals surface area contributed by atoms with E-state index in [1.807, 2.05) is 18.4 Å². The normalized spacial score (nSPS) is 23.0. The van der Waals surface area contributed by atoms with Gasteiger partial charge in [-0.2, -0.15) is 5.26 Å². The van der Waals surface area contributed by atoms with Crippen molar-refractivity contribution in [3.05, 3.63) is 30.6 Å². The SMILES string of the molecule is CSc1cnc(Nc2cc3ncccc3c(NC3CC4CCC(C3)N4CCC#N)n2)o1. The smallest absolute Gasteiger partial charge is 0.301 e. The molecule has 0 aromatic carbocycles. The van der Waals surface area contributed by atoms with Crippen LogP contribution in [-0.4, -0.2) is 50.8 Å². The molecule has 9 heteroatoms. The van der Waals surface area contributed by atoms with Gasteiger partial charge in [-0.05, 0) is 44.1 Å². The van der Waals surface area contributed by atoms with Crippen molar-refractivity contribution in [2.45, 2.75) is 55.3 Å². The van der Waals surface area contributed by atoms with Gasteiger partial charge in [0.15, 0.2) is 5.09 Å². The first kappa shape index (κ1) is 20.1. The molecule has 8 nitrogen and oxygen atoms in total. The second-order valence-corrected chi connectivity index (χ2v) is 8.89. The Balaban J connectivity index is 1.37. The molecule has 0 amide bonds. The minimum Gasteiger partial charge on any atom is -0.417 e. The Kier molecular flexibility index (Phi) is 5.66. The number of piperidine rings is 1. The molecule has 0 saturated carbocycles. The van der Waals surface area contributed by atoms with E-state index < -0.39 is 0 Å². The molecule has 3 aromatic heterocycles. The maximum absolute atomic E-state index is 8.96. The van der Waals surface area contributed by atoms with Crippen molar-refractivity contribution in [1.82, 2.24) is 19.9 Å². The lowest BCUT2D eigenvalue weighted by Gasteiger charge is -2.39. The molecule has 160 valence electrons. The monoisotopic (exact) mass is 435 g/mol. The van der Waals surface area contributed by atoms with Crippen LogP contribution in [0.5, 0.6) is 0 Å². The maximum atomic E-state index is 8.96. The number of nitrogens with zero attached hydrogens (tertiary/aromatic N) is 5. The highest BCUT2D eigenvalue weighted by atomic mass is 32.2. The third-order valence-electron chi connectivity index (χ3n) is 6.23. The van der Waals surface area contributed by atoms with Crippen LogP contribution in [0.1, 0.15) is 32.1 Å². The summed E-state index contributed by atoms with van der Waals surface area (Å²) in [5.74, 6) is 1.48. The number of aromatic nitrogens is 3. The lowest BCUT2D eigenvalue weighted by molar-refractivity contribution is 0.136. The van der Waals surface area contributed by atoms with Crippen molar-refractivity contribution in [1.29, 1.82) is 5.26 Å². The van der Waals surface area contributed by atoms with Gasteiger partial charge in [0.05, 0.1) is 17.8 Å². The predicted octanol–water partition coefficient (Wildman–Crippen LogP) is 4.40. The van der Waals surface area contributed by atoms with Crippen LogP contribution in [0.25, 0.3) is 10.9 Å². The maximum Gasteiger partial charge on any atom is 0.301 e. The van der Waals surface area contributed by atoms with E-state index in [1.165, 1.54) is 24.6 Å². The fourth-order valence-corrected chi connectivity index (χ4v) is 5.22. The molecule has 0 radical (unpaired) electrons. The summed E-state index contributed by atoms with van der Waals surface area (Å²) >= 11 is 1.50. The molecular weight excluding hydrogens is 410 g/mol. The average molecular weight is 436 g/mol. The van der Waals surface area contributed by atoms with E-state index in [9.17, 15) is 0 Å². The van der Waals surface area contributed by atoms with E-state index >= 15 is 0 Å². The third-order valence-corrected chi connectivity index (χ3v) is 6.82. The number of hydrogen-bond acceptors (Lipinski definition) is 9. The van der Waals surface area contributed by atoms with Gasteiger partial charge >= 0.3 is 6.01 Å². The number of nitrogens with one attached hydrogen (secondary N) is 2. The summed E-state index contributed by atoms with van der Waals surface area (Å²) in [6.45, 7) is 0.886. The molecular formula is C22H25N7OS. The molecule has 2 bridgehead atoms. The van der Waals surface area contributed by atoms with Crippen LogP contribution in [0.15, 0.2) is 40.1 Å². The molecule has 2 atom stereocenters. The van der Waals surface area contributed by atoms with Crippen molar-refractivity contribution in [3.8, 4) is 6.07 Å². The molecule has 2 N–H and O–H groups in total. The molecule has 5 heterocycles. The Hall–Kier alpha value is -2.83. The summed E-state index contributed by atoms with van der Waals surface area (Å²) in [4.78, 5) is 16.2. The number of hydrogen-bond donors (Lipinski definition) is 2. The average Bonchev–Trinajstić information content (AvgIpc) is 3.33. The zero-order valence-electron chi connectivity index (χ0n) is 17.4. The fraction of sp³-hybridized carbons (Fsp3) is 0.455. The van der Waals surface area contributed by atoms with Crippen molar-refractivity contribution in [2.75, 3.05) is 23.4 Å². The number of oxazole rings is 1. The van der Waals surface area contributed by atoms with Crippen molar-refractivity contribution in [2.24, 2.45) is 0 Å². The quantitative estimate of drug-likeness (QED) is 0.522. The van der Waals surface area contributed by atoms with Gasteiger partial charge in [0, 0.05) is 48.7 Å². The second-order valence-electron chi connectivity index (χ2n) is 8.08. The largest absolute Gasteiger partial charge is 0.417 e. The zero-order valence-corrected chi connectivity index (χ0v) is 18.2. The molecule has 2 aliphatic rings. The summed E-state index contributed by atoms with van der Waals surface area (Å²) in [7, 11) is 0. The van der Waals surface area contributed by atoms with E-state index in [1.54, 1.807) is 12.4 Å². The number of rotatable bonds is 7. The molecule has 31 heavy (non-hydrogen) atoms. The van der Waals surface area contributed by atoms with Gasteiger partial charge in [-0.1, -0.05) is 11.8 Å². The zero-order chi connectivity index (χ0) is 21.2. The van der Waals surface area contributed by atoms with Gasteiger partial charge in [0.2, 0.25) is 0 Å². The predicted molar refractivity (Wildman–Crippen MR) is 121 cm³/mol. The molecule has 0 aliphatic carbocycles. The van der Waals surface area contributed by atoms with Crippen molar-refractivity contribution < 1.29 is 4.42 Å². The Morgan fingerprint density at radius 3 is 2.87 bits per heavy atom. The van der Waals surface area contributed by atoms with Gasteiger partial charge in [-0.3, -0.25) is 15.2 Å². The molecule has 3 aromatic rings. The van der Waals surface area contributed by atoms with E-state index in [-0.39, 0.29) is 0 Å². The van der Waals surface area contributed by atoms with E-state index in [4.69, 9.17) is 14.7 Å². The summed E-state index contributed by atoms with van der Waals surface area (Å²) in [6, 6.07) is 10.1. The molecule has 0 spiro atoms. The Morgan fingerprint density at radius 2 is 2.13 bits per heavy atom. The molecule has 2 fully saturated rings. The van der Waals surface area contributed by atoms with Crippen LogP contribution in [0, 0.1) is 11.3 Å². The first-order valence-corrected chi connectivity index (χ1v) is 11.9. The van der Waals surface area contributed by atoms with Gasteiger partial charge in [0.25, 0.3) is 0 Å². The highest BCUT2D eigenvalue weighted by molar-refractivity contribution is 7.98. The molecule has 2 saturated heterocycles. The second kappa shape index (κ2) is 8.73. The van der Waals surface area contributed by atoms with E-state index in [0.29, 0.717) is 36.4 Å². The topological polar surface area (TPSA) is 103 Å². The summed E-state index contributed by atoms with van der Waals surface area (Å²) in [5.41, 5.74) is 0.869. The first-order valence-electron chi connectivity index (χ1n) is 10.7. The Labute approximate surface area is 185 Å². The number of anilines is 3. The van der Waals surface area contributed by atoms with Crippen LogP contribution < -0.4 is 10.6 Å². The minimum atomic E-state index is 0.354. The lowest BCUT2D eigenvalue weighted by atomic mass is 9.97. The number of nitriles is 1. The summed E-state index contributed by atoms with van der Waals surface area (Å²) in [6.07, 6.45) is 10.6. The van der Waals surface area contributed by atoms with Crippen molar-refractivity contribution >= 4 is 40.3 Å². The van der Waals surface area contributed by atoms with Crippen LogP contribution in [0.4, 0.5) is 17.7 Å². The van der Waals surface area contributed by atoms with Gasteiger partial charge in [0.1, 0.15) is 11.6 Å². The standard InChI is InChI=1S/C22H25N7OS/c1-31-20-13-25-22(30-20)28-19-12-18-17(4-2-8-24-18)21(27-19)26-14-10-15-5-6-16(11-14)29(15)9-3-7-23/h2,4,8,12-16H,3,5-6,9-11H2,1H3,(H2,25,26,27,28). The van der Waals surface area contributed by atoms with Crippen LogP contribution in [0.2, 0.25) is 0 Å². The molecule has 5 rings (SSSR count). The Bertz CT molecular complexity index is 1100. The summed E-state index contributed by atoms with van der Waals surface area (Å²) < 4.78 is 5.65.